The van der Waals surface area contributed by atoms with E-state index in [9.17, 15) is 13.9 Å². The van der Waals surface area contributed by atoms with Gasteiger partial charge in [0.2, 0.25) is 0 Å². The Hall–Kier alpha value is -1.47. The first-order valence-electron chi connectivity index (χ1n) is 4.19. The minimum Gasteiger partial charge on any atom is -0.385 e. The molecule has 4 heteroatoms. The number of aliphatic hydroxyl groups is 1. The minimum absolute atomic E-state index is 0.0236. The van der Waals surface area contributed by atoms with Gasteiger partial charge in [0, 0.05) is 11.6 Å². The maximum Gasteiger partial charge on any atom is 0.143 e. The van der Waals surface area contributed by atoms with Crippen molar-refractivity contribution >= 4 is 0 Å². The second-order valence-electron chi connectivity index (χ2n) is 3.46. The summed E-state index contributed by atoms with van der Waals surface area (Å²) in [6.07, 6.45) is 0.918. The molecule has 0 spiro atoms. The second kappa shape index (κ2) is 2.76. The first kappa shape index (κ1) is 9.10. The summed E-state index contributed by atoms with van der Waals surface area (Å²) in [4.78, 5) is 0. The first-order valence-corrected chi connectivity index (χ1v) is 4.19. The Morgan fingerprint density at radius 2 is 1.93 bits per heavy atom. The molecule has 1 aliphatic rings. The number of halogens is 2. The van der Waals surface area contributed by atoms with Crippen molar-refractivity contribution in [3.8, 4) is 6.07 Å². The molecule has 1 aromatic rings. The lowest BCUT2D eigenvalue weighted by Crippen LogP contribution is -2.08. The van der Waals surface area contributed by atoms with Gasteiger partial charge in [0.05, 0.1) is 11.2 Å². The molecule has 0 atom stereocenters. The zero-order chi connectivity index (χ0) is 10.3. The average Bonchev–Trinajstić information content (AvgIpc) is 2.85. The van der Waals surface area contributed by atoms with Crippen molar-refractivity contribution in [3.05, 3.63) is 34.9 Å². The fourth-order valence-corrected chi connectivity index (χ4v) is 1.38. The van der Waals surface area contributed by atoms with E-state index in [0.717, 1.165) is 6.07 Å². The van der Waals surface area contributed by atoms with Gasteiger partial charge in [-0.25, -0.2) is 8.78 Å². The van der Waals surface area contributed by atoms with Gasteiger partial charge in [0.25, 0.3) is 0 Å². The van der Waals surface area contributed by atoms with Crippen LogP contribution in [-0.2, 0) is 5.60 Å². The lowest BCUT2D eigenvalue weighted by molar-refractivity contribution is 0.146. The van der Waals surface area contributed by atoms with Crippen LogP contribution in [0.4, 0.5) is 8.78 Å². The highest BCUT2D eigenvalue weighted by atomic mass is 19.1. The molecular formula is C10H7F2NO. The number of rotatable bonds is 1. The summed E-state index contributed by atoms with van der Waals surface area (Å²) in [5.41, 5.74) is -1.39. The zero-order valence-corrected chi connectivity index (χ0v) is 7.22. The van der Waals surface area contributed by atoms with Crippen molar-refractivity contribution < 1.29 is 13.9 Å². The summed E-state index contributed by atoms with van der Waals surface area (Å²) in [6, 6.07) is 3.33. The van der Waals surface area contributed by atoms with Crippen LogP contribution < -0.4 is 0 Å². The maximum atomic E-state index is 13.2. The topological polar surface area (TPSA) is 44.0 Å². The Morgan fingerprint density at radius 3 is 2.43 bits per heavy atom. The van der Waals surface area contributed by atoms with Crippen LogP contribution in [0.5, 0.6) is 0 Å². The van der Waals surface area contributed by atoms with Gasteiger partial charge in [-0.05, 0) is 18.9 Å². The fraction of sp³-hybridized carbons (Fsp3) is 0.300. The van der Waals surface area contributed by atoms with Crippen molar-refractivity contribution in [2.45, 2.75) is 18.4 Å². The molecule has 14 heavy (non-hydrogen) atoms. The summed E-state index contributed by atoms with van der Waals surface area (Å²) in [7, 11) is 0. The molecule has 0 aromatic heterocycles. The molecule has 0 saturated heterocycles. The van der Waals surface area contributed by atoms with Gasteiger partial charge in [-0.1, -0.05) is 0 Å². The Labute approximate surface area is 79.4 Å². The molecule has 1 aromatic carbocycles. The quantitative estimate of drug-likeness (QED) is 0.742. The van der Waals surface area contributed by atoms with Crippen LogP contribution in [0, 0.1) is 23.0 Å². The van der Waals surface area contributed by atoms with E-state index < -0.39 is 17.2 Å². The molecule has 0 radical (unpaired) electrons. The molecule has 0 unspecified atom stereocenters. The van der Waals surface area contributed by atoms with E-state index in [1.807, 2.05) is 0 Å². The third-order valence-corrected chi connectivity index (χ3v) is 2.40. The smallest absolute Gasteiger partial charge is 0.143 e. The summed E-state index contributed by atoms with van der Waals surface area (Å²) in [5.74, 6) is -1.68. The molecule has 1 N–H and O–H groups in total. The van der Waals surface area contributed by atoms with Crippen molar-refractivity contribution in [2.75, 3.05) is 0 Å². The molecule has 2 rings (SSSR count). The van der Waals surface area contributed by atoms with Crippen LogP contribution in [0.1, 0.15) is 24.0 Å². The Bertz CT molecular complexity index is 432. The van der Waals surface area contributed by atoms with Crippen LogP contribution in [0.2, 0.25) is 0 Å². The Kier molecular flexibility index (Phi) is 1.79. The predicted octanol–water partition coefficient (Wildman–Crippen LogP) is 1.82. The van der Waals surface area contributed by atoms with E-state index in [-0.39, 0.29) is 11.1 Å². The lowest BCUT2D eigenvalue weighted by Gasteiger charge is -2.09. The van der Waals surface area contributed by atoms with Crippen molar-refractivity contribution in [2.24, 2.45) is 0 Å². The number of hydrogen-bond acceptors (Lipinski definition) is 2. The highest BCUT2D eigenvalue weighted by Crippen LogP contribution is 2.46. The van der Waals surface area contributed by atoms with Crippen LogP contribution in [0.3, 0.4) is 0 Å². The summed E-state index contributed by atoms with van der Waals surface area (Å²) in [5, 5.41) is 18.1. The van der Waals surface area contributed by atoms with Crippen molar-refractivity contribution in [1.82, 2.24) is 0 Å². The molecule has 1 fully saturated rings. The number of benzene rings is 1. The number of nitrogens with zero attached hydrogens (tertiary/aromatic N) is 1. The van der Waals surface area contributed by atoms with Gasteiger partial charge >= 0.3 is 0 Å². The molecule has 1 saturated carbocycles. The predicted molar refractivity (Wildman–Crippen MR) is 44.2 cm³/mol. The van der Waals surface area contributed by atoms with E-state index in [1.54, 1.807) is 6.07 Å². The Morgan fingerprint density at radius 1 is 1.29 bits per heavy atom. The normalized spacial score (nSPS) is 17.6. The van der Waals surface area contributed by atoms with E-state index in [1.165, 1.54) is 0 Å². The standard InChI is InChI=1S/C10H7F2NO/c11-8-4-9(12)7(3-6(8)5-13)10(14)1-2-10/h3-4,14H,1-2H2. The van der Waals surface area contributed by atoms with Crippen LogP contribution in [0.15, 0.2) is 12.1 Å². The van der Waals surface area contributed by atoms with Crippen LogP contribution in [0.25, 0.3) is 0 Å². The van der Waals surface area contributed by atoms with Gasteiger partial charge < -0.3 is 5.11 Å². The van der Waals surface area contributed by atoms with Crippen LogP contribution >= 0.6 is 0 Å². The van der Waals surface area contributed by atoms with Gasteiger partial charge in [-0.3, -0.25) is 0 Å². The van der Waals surface area contributed by atoms with Crippen LogP contribution in [-0.4, -0.2) is 5.11 Å². The molecule has 72 valence electrons. The molecule has 2 nitrogen and oxygen atoms in total. The average molecular weight is 195 g/mol. The molecule has 0 aliphatic heterocycles. The lowest BCUT2D eigenvalue weighted by atomic mass is 10.0. The third-order valence-electron chi connectivity index (χ3n) is 2.40. The van der Waals surface area contributed by atoms with Gasteiger partial charge in [0.15, 0.2) is 0 Å². The van der Waals surface area contributed by atoms with Crippen molar-refractivity contribution in [1.29, 1.82) is 5.26 Å². The van der Waals surface area contributed by atoms with Gasteiger partial charge in [0.1, 0.15) is 17.7 Å². The summed E-state index contributed by atoms with van der Waals surface area (Å²) >= 11 is 0. The Balaban J connectivity index is 2.57. The molecule has 1 aliphatic carbocycles. The molecule has 0 bridgehead atoms. The minimum atomic E-state index is -1.18. The van der Waals surface area contributed by atoms with E-state index in [4.69, 9.17) is 5.26 Å². The number of hydrogen-bond donors (Lipinski definition) is 1. The fourth-order valence-electron chi connectivity index (χ4n) is 1.38. The SMILES string of the molecule is N#Cc1cc(C2(O)CC2)c(F)cc1F. The van der Waals surface area contributed by atoms with E-state index >= 15 is 0 Å². The highest BCUT2D eigenvalue weighted by molar-refractivity contribution is 5.39. The second-order valence-corrected chi connectivity index (χ2v) is 3.46. The largest absolute Gasteiger partial charge is 0.385 e. The highest BCUT2D eigenvalue weighted by Gasteiger charge is 2.44. The van der Waals surface area contributed by atoms with Gasteiger partial charge in [-0.15, -0.1) is 0 Å². The number of nitriles is 1. The van der Waals surface area contributed by atoms with Crippen molar-refractivity contribution in [3.63, 3.8) is 0 Å². The zero-order valence-electron chi connectivity index (χ0n) is 7.22. The molecule has 0 heterocycles. The molecule has 0 amide bonds. The van der Waals surface area contributed by atoms with E-state index in [2.05, 4.69) is 0 Å². The summed E-state index contributed by atoms with van der Waals surface area (Å²) in [6.45, 7) is 0. The first-order chi connectivity index (χ1) is 6.57. The van der Waals surface area contributed by atoms with E-state index in [0.29, 0.717) is 18.9 Å². The monoisotopic (exact) mass is 195 g/mol. The van der Waals surface area contributed by atoms with Gasteiger partial charge in [-0.2, -0.15) is 5.26 Å². The summed E-state index contributed by atoms with van der Waals surface area (Å²) < 4.78 is 26.1. The molecular weight excluding hydrogens is 188 g/mol. The third kappa shape index (κ3) is 1.26. The maximum absolute atomic E-state index is 13.2.